The van der Waals surface area contributed by atoms with Crippen molar-refractivity contribution in [1.82, 2.24) is 10.2 Å². The predicted octanol–water partition coefficient (Wildman–Crippen LogP) is 1.70. The van der Waals surface area contributed by atoms with Crippen molar-refractivity contribution < 1.29 is 19.1 Å². The molecule has 130 valence electrons. The summed E-state index contributed by atoms with van der Waals surface area (Å²) in [5.41, 5.74) is 0.636. The van der Waals surface area contributed by atoms with Gasteiger partial charge in [0, 0.05) is 31.0 Å². The van der Waals surface area contributed by atoms with Crippen molar-refractivity contribution in [2.24, 2.45) is 0 Å². The number of hydrogen-bond acceptors (Lipinski definition) is 5. The van der Waals surface area contributed by atoms with E-state index in [2.05, 4.69) is 10.6 Å². The number of benzene rings is 1. The van der Waals surface area contributed by atoms with Gasteiger partial charge in [-0.25, -0.2) is 0 Å². The van der Waals surface area contributed by atoms with Crippen molar-refractivity contribution in [1.29, 1.82) is 0 Å². The minimum Gasteiger partial charge on any atom is -0.494 e. The Morgan fingerprint density at radius 1 is 1.25 bits per heavy atom. The van der Waals surface area contributed by atoms with Crippen LogP contribution < -0.4 is 15.4 Å². The summed E-state index contributed by atoms with van der Waals surface area (Å²) in [4.78, 5) is 36.6. The van der Waals surface area contributed by atoms with Gasteiger partial charge >= 0.3 is 0 Å². The standard InChI is InChI=1S/C16H21N3O4S/c1-2-23-13-5-3-12(4-6-13)18-15(21)11-17-14(20)7-8-19-9-10-24-16(19)22/h3-6H,2,7-11H2,1H3,(H,17,20)(H,18,21). The molecule has 1 fully saturated rings. The van der Waals surface area contributed by atoms with Gasteiger partial charge in [0.2, 0.25) is 11.8 Å². The molecular weight excluding hydrogens is 330 g/mol. The molecule has 1 aliphatic rings. The van der Waals surface area contributed by atoms with E-state index < -0.39 is 0 Å². The van der Waals surface area contributed by atoms with Crippen LogP contribution >= 0.6 is 11.8 Å². The Balaban J connectivity index is 1.66. The van der Waals surface area contributed by atoms with Crippen LogP contribution in [-0.4, -0.2) is 53.9 Å². The van der Waals surface area contributed by atoms with E-state index >= 15 is 0 Å². The Hall–Kier alpha value is -2.22. The van der Waals surface area contributed by atoms with Gasteiger partial charge in [-0.3, -0.25) is 14.4 Å². The Labute approximate surface area is 145 Å². The molecule has 24 heavy (non-hydrogen) atoms. The summed E-state index contributed by atoms with van der Waals surface area (Å²) in [6.45, 7) is 3.44. The molecule has 8 heteroatoms. The third-order valence-corrected chi connectivity index (χ3v) is 4.24. The number of hydrogen-bond donors (Lipinski definition) is 2. The van der Waals surface area contributed by atoms with Gasteiger partial charge in [0.25, 0.3) is 5.24 Å². The number of nitrogens with zero attached hydrogens (tertiary/aromatic N) is 1. The number of ether oxygens (including phenoxy) is 1. The topological polar surface area (TPSA) is 87.7 Å². The maximum absolute atomic E-state index is 11.8. The molecule has 0 aromatic heterocycles. The van der Waals surface area contributed by atoms with Gasteiger partial charge in [-0.1, -0.05) is 11.8 Å². The summed E-state index contributed by atoms with van der Waals surface area (Å²) in [5.74, 6) is 0.950. The largest absolute Gasteiger partial charge is 0.494 e. The van der Waals surface area contributed by atoms with E-state index in [0.717, 1.165) is 11.5 Å². The third kappa shape index (κ3) is 5.77. The van der Waals surface area contributed by atoms with Gasteiger partial charge in [0.05, 0.1) is 13.2 Å². The van der Waals surface area contributed by atoms with Crippen LogP contribution in [0.25, 0.3) is 0 Å². The fourth-order valence-corrected chi connectivity index (χ4v) is 2.99. The van der Waals surface area contributed by atoms with E-state index in [0.29, 0.717) is 25.4 Å². The lowest BCUT2D eigenvalue weighted by molar-refractivity contribution is -0.124. The monoisotopic (exact) mass is 351 g/mol. The molecule has 7 nitrogen and oxygen atoms in total. The second-order valence-corrected chi connectivity index (χ2v) is 6.18. The maximum atomic E-state index is 11.8. The van der Waals surface area contributed by atoms with Gasteiger partial charge in [-0.15, -0.1) is 0 Å². The van der Waals surface area contributed by atoms with E-state index in [1.54, 1.807) is 29.2 Å². The second kappa shape index (κ2) is 9.17. The molecule has 1 saturated heterocycles. The van der Waals surface area contributed by atoms with E-state index in [1.165, 1.54) is 11.8 Å². The summed E-state index contributed by atoms with van der Waals surface area (Å²) in [6, 6.07) is 7.01. The fourth-order valence-electron chi connectivity index (χ4n) is 2.14. The summed E-state index contributed by atoms with van der Waals surface area (Å²) in [7, 11) is 0. The Kier molecular flexibility index (Phi) is 6.92. The number of carbonyl (C=O) groups excluding carboxylic acids is 3. The lowest BCUT2D eigenvalue weighted by atomic mass is 10.3. The van der Waals surface area contributed by atoms with Crippen molar-refractivity contribution >= 4 is 34.5 Å². The quantitative estimate of drug-likeness (QED) is 0.744. The lowest BCUT2D eigenvalue weighted by Gasteiger charge is -2.13. The van der Waals surface area contributed by atoms with Crippen LogP contribution in [0.2, 0.25) is 0 Å². The van der Waals surface area contributed by atoms with Gasteiger partial charge in [-0.2, -0.15) is 0 Å². The SMILES string of the molecule is CCOc1ccc(NC(=O)CNC(=O)CCN2CCSC2=O)cc1. The average Bonchev–Trinajstić information content (AvgIpc) is 2.98. The van der Waals surface area contributed by atoms with Crippen LogP contribution in [0.5, 0.6) is 5.75 Å². The fraction of sp³-hybridized carbons (Fsp3) is 0.438. The summed E-state index contributed by atoms with van der Waals surface area (Å²) in [5, 5.41) is 5.26. The van der Waals surface area contributed by atoms with E-state index in [-0.39, 0.29) is 30.0 Å². The maximum Gasteiger partial charge on any atom is 0.281 e. The lowest BCUT2D eigenvalue weighted by Crippen LogP contribution is -2.35. The molecule has 0 radical (unpaired) electrons. The molecule has 1 aromatic rings. The average molecular weight is 351 g/mol. The van der Waals surface area contributed by atoms with Crippen molar-refractivity contribution in [3.63, 3.8) is 0 Å². The molecule has 2 rings (SSSR count). The van der Waals surface area contributed by atoms with Crippen LogP contribution in [0.4, 0.5) is 10.5 Å². The Bertz CT molecular complexity index is 591. The Morgan fingerprint density at radius 3 is 2.62 bits per heavy atom. The predicted molar refractivity (Wildman–Crippen MR) is 93.3 cm³/mol. The zero-order chi connectivity index (χ0) is 17.4. The molecule has 3 amide bonds. The van der Waals surface area contributed by atoms with Crippen LogP contribution in [0.3, 0.4) is 0 Å². The molecule has 2 N–H and O–H groups in total. The van der Waals surface area contributed by atoms with Gasteiger partial charge in [0.15, 0.2) is 0 Å². The molecule has 0 spiro atoms. The zero-order valence-electron chi connectivity index (χ0n) is 13.5. The number of rotatable bonds is 8. The highest BCUT2D eigenvalue weighted by Crippen LogP contribution is 2.17. The molecule has 0 unspecified atom stereocenters. The molecule has 1 aliphatic heterocycles. The number of anilines is 1. The minimum absolute atomic E-state index is 0.0102. The van der Waals surface area contributed by atoms with Crippen molar-refractivity contribution in [3.8, 4) is 5.75 Å². The highest BCUT2D eigenvalue weighted by molar-refractivity contribution is 8.13. The minimum atomic E-state index is -0.305. The first-order valence-electron chi connectivity index (χ1n) is 7.79. The normalized spacial score (nSPS) is 13.7. The van der Waals surface area contributed by atoms with Crippen molar-refractivity contribution in [2.45, 2.75) is 13.3 Å². The number of carbonyl (C=O) groups is 3. The highest BCUT2D eigenvalue weighted by atomic mass is 32.2. The molecular formula is C16H21N3O4S. The first-order chi connectivity index (χ1) is 11.6. The molecule has 0 bridgehead atoms. The van der Waals surface area contributed by atoms with Crippen molar-refractivity contribution in [2.75, 3.05) is 37.3 Å². The van der Waals surface area contributed by atoms with Gasteiger partial charge in [0.1, 0.15) is 5.75 Å². The van der Waals surface area contributed by atoms with E-state index in [9.17, 15) is 14.4 Å². The van der Waals surface area contributed by atoms with Crippen molar-refractivity contribution in [3.05, 3.63) is 24.3 Å². The van der Waals surface area contributed by atoms with Crippen LogP contribution in [0, 0.1) is 0 Å². The molecule has 1 heterocycles. The van der Waals surface area contributed by atoms with Crippen LogP contribution in [0.1, 0.15) is 13.3 Å². The first-order valence-corrected chi connectivity index (χ1v) is 8.78. The summed E-state index contributed by atoms with van der Waals surface area (Å²) in [6.07, 6.45) is 0.197. The van der Waals surface area contributed by atoms with E-state index in [4.69, 9.17) is 4.74 Å². The Morgan fingerprint density at radius 2 is 2.00 bits per heavy atom. The van der Waals surface area contributed by atoms with Gasteiger partial charge < -0.3 is 20.3 Å². The highest BCUT2D eigenvalue weighted by Gasteiger charge is 2.21. The summed E-state index contributed by atoms with van der Waals surface area (Å²) < 4.78 is 5.32. The number of thioether (sulfide) groups is 1. The second-order valence-electron chi connectivity index (χ2n) is 5.13. The van der Waals surface area contributed by atoms with Crippen LogP contribution in [-0.2, 0) is 9.59 Å². The molecule has 0 atom stereocenters. The van der Waals surface area contributed by atoms with Gasteiger partial charge in [-0.05, 0) is 31.2 Å². The number of amides is 3. The molecule has 0 saturated carbocycles. The zero-order valence-corrected chi connectivity index (χ0v) is 14.4. The number of nitrogens with one attached hydrogen (secondary N) is 2. The summed E-state index contributed by atoms with van der Waals surface area (Å²) >= 11 is 1.26. The smallest absolute Gasteiger partial charge is 0.281 e. The first kappa shape index (κ1) is 18.1. The molecule has 0 aliphatic carbocycles. The third-order valence-electron chi connectivity index (χ3n) is 3.35. The van der Waals surface area contributed by atoms with Crippen LogP contribution in [0.15, 0.2) is 24.3 Å². The van der Waals surface area contributed by atoms with E-state index in [1.807, 2.05) is 6.92 Å². The molecule has 1 aromatic carbocycles.